The van der Waals surface area contributed by atoms with E-state index in [1.807, 2.05) is 30.3 Å². The van der Waals surface area contributed by atoms with Crippen LogP contribution in [0.5, 0.6) is 0 Å². The van der Waals surface area contributed by atoms with Crippen LogP contribution in [0.25, 0.3) is 0 Å². The Bertz CT molecular complexity index is 694. The van der Waals surface area contributed by atoms with Gasteiger partial charge in [-0.1, -0.05) is 30.3 Å². The molecule has 24 heavy (non-hydrogen) atoms. The molecule has 0 heterocycles. The first kappa shape index (κ1) is 16.1. The van der Waals surface area contributed by atoms with Gasteiger partial charge >= 0.3 is 6.03 Å². The highest BCUT2D eigenvalue weighted by molar-refractivity contribution is 5.92. The molecule has 1 fully saturated rings. The fourth-order valence-corrected chi connectivity index (χ4v) is 2.34. The lowest BCUT2D eigenvalue weighted by molar-refractivity contribution is -0.116. The maximum atomic E-state index is 12.0. The van der Waals surface area contributed by atoms with E-state index in [2.05, 4.69) is 16.0 Å². The summed E-state index contributed by atoms with van der Waals surface area (Å²) < 4.78 is 0. The monoisotopic (exact) mass is 323 g/mol. The van der Waals surface area contributed by atoms with Crippen LogP contribution in [0.4, 0.5) is 16.2 Å². The van der Waals surface area contributed by atoms with Crippen LogP contribution in [0.3, 0.4) is 0 Å². The van der Waals surface area contributed by atoms with Gasteiger partial charge in [-0.2, -0.15) is 0 Å². The van der Waals surface area contributed by atoms with E-state index in [0.717, 1.165) is 24.1 Å². The summed E-state index contributed by atoms with van der Waals surface area (Å²) in [6, 6.07) is 17.2. The van der Waals surface area contributed by atoms with Crippen LogP contribution < -0.4 is 16.0 Å². The van der Waals surface area contributed by atoms with Gasteiger partial charge in [-0.05, 0) is 49.1 Å². The molecule has 0 spiro atoms. The second-order valence-corrected chi connectivity index (χ2v) is 5.98. The van der Waals surface area contributed by atoms with Crippen LogP contribution in [0.1, 0.15) is 24.8 Å². The number of anilines is 2. The number of carbonyl (C=O) groups excluding carboxylic acids is 2. The van der Waals surface area contributed by atoms with Crippen molar-refractivity contribution in [1.29, 1.82) is 0 Å². The summed E-state index contributed by atoms with van der Waals surface area (Å²) in [7, 11) is 0. The van der Waals surface area contributed by atoms with Crippen molar-refractivity contribution in [1.82, 2.24) is 5.32 Å². The SMILES string of the molecule is O=C(CCc1ccccc1)Nc1ccc(NC(=O)NC2CC2)cc1. The van der Waals surface area contributed by atoms with Crippen LogP contribution in [0.2, 0.25) is 0 Å². The van der Waals surface area contributed by atoms with E-state index >= 15 is 0 Å². The maximum absolute atomic E-state index is 12.0. The summed E-state index contributed by atoms with van der Waals surface area (Å²) in [6.07, 6.45) is 3.27. The van der Waals surface area contributed by atoms with E-state index in [0.29, 0.717) is 24.6 Å². The van der Waals surface area contributed by atoms with Gasteiger partial charge in [-0.3, -0.25) is 4.79 Å². The molecular weight excluding hydrogens is 302 g/mol. The van der Waals surface area contributed by atoms with E-state index < -0.39 is 0 Å². The molecule has 0 unspecified atom stereocenters. The Morgan fingerprint density at radius 1 is 0.875 bits per heavy atom. The van der Waals surface area contributed by atoms with Crippen molar-refractivity contribution in [2.24, 2.45) is 0 Å². The van der Waals surface area contributed by atoms with Gasteiger partial charge in [0.05, 0.1) is 0 Å². The van der Waals surface area contributed by atoms with Gasteiger partial charge < -0.3 is 16.0 Å². The molecule has 5 nitrogen and oxygen atoms in total. The average Bonchev–Trinajstić information content (AvgIpc) is 3.39. The predicted octanol–water partition coefficient (Wildman–Crippen LogP) is 3.54. The van der Waals surface area contributed by atoms with Crippen LogP contribution in [-0.2, 0) is 11.2 Å². The molecule has 1 aliphatic rings. The molecule has 2 aromatic carbocycles. The van der Waals surface area contributed by atoms with Crippen molar-refractivity contribution in [3.05, 3.63) is 60.2 Å². The lowest BCUT2D eigenvalue weighted by atomic mass is 10.1. The molecule has 0 radical (unpaired) electrons. The lowest BCUT2D eigenvalue weighted by Gasteiger charge is -2.09. The van der Waals surface area contributed by atoms with Crippen molar-refractivity contribution >= 4 is 23.3 Å². The summed E-state index contributed by atoms with van der Waals surface area (Å²) in [5, 5.41) is 8.51. The third-order valence-corrected chi connectivity index (χ3v) is 3.82. The van der Waals surface area contributed by atoms with Crippen molar-refractivity contribution < 1.29 is 9.59 Å². The number of rotatable bonds is 6. The summed E-state index contributed by atoms with van der Waals surface area (Å²) in [5.74, 6) is -0.0222. The number of carbonyl (C=O) groups is 2. The summed E-state index contributed by atoms with van der Waals surface area (Å²) in [4.78, 5) is 23.6. The highest BCUT2D eigenvalue weighted by Crippen LogP contribution is 2.19. The third kappa shape index (κ3) is 5.12. The van der Waals surface area contributed by atoms with Crippen molar-refractivity contribution in [3.63, 3.8) is 0 Å². The van der Waals surface area contributed by atoms with E-state index in [1.165, 1.54) is 0 Å². The summed E-state index contributed by atoms with van der Waals surface area (Å²) in [6.45, 7) is 0. The Morgan fingerprint density at radius 3 is 2.12 bits per heavy atom. The molecule has 0 bridgehead atoms. The smallest absolute Gasteiger partial charge is 0.319 e. The van der Waals surface area contributed by atoms with Crippen LogP contribution >= 0.6 is 0 Å². The minimum absolute atomic E-state index is 0.0222. The number of nitrogens with one attached hydrogen (secondary N) is 3. The molecule has 1 saturated carbocycles. The molecule has 0 saturated heterocycles. The predicted molar refractivity (Wildman–Crippen MR) is 95.0 cm³/mol. The van der Waals surface area contributed by atoms with E-state index in [1.54, 1.807) is 24.3 Å². The fraction of sp³-hybridized carbons (Fsp3) is 0.263. The summed E-state index contributed by atoms with van der Waals surface area (Å²) in [5.41, 5.74) is 2.57. The molecule has 0 aromatic heterocycles. The van der Waals surface area contributed by atoms with E-state index in [9.17, 15) is 9.59 Å². The number of hydrogen-bond donors (Lipinski definition) is 3. The normalized spacial score (nSPS) is 13.2. The number of amides is 3. The molecule has 5 heteroatoms. The first-order valence-corrected chi connectivity index (χ1v) is 8.20. The Morgan fingerprint density at radius 2 is 1.50 bits per heavy atom. The zero-order valence-corrected chi connectivity index (χ0v) is 13.4. The molecule has 0 atom stereocenters. The molecular formula is C19H21N3O2. The highest BCUT2D eigenvalue weighted by atomic mass is 16.2. The largest absolute Gasteiger partial charge is 0.335 e. The lowest BCUT2D eigenvalue weighted by Crippen LogP contribution is -2.30. The number of urea groups is 1. The third-order valence-electron chi connectivity index (χ3n) is 3.82. The van der Waals surface area contributed by atoms with Gasteiger partial charge in [-0.25, -0.2) is 4.79 Å². The zero-order chi connectivity index (χ0) is 16.8. The average molecular weight is 323 g/mol. The van der Waals surface area contributed by atoms with Crippen molar-refractivity contribution in [2.75, 3.05) is 10.6 Å². The van der Waals surface area contributed by atoms with Gasteiger partial charge in [0.25, 0.3) is 0 Å². The van der Waals surface area contributed by atoms with Gasteiger partial charge in [0.1, 0.15) is 0 Å². The quantitative estimate of drug-likeness (QED) is 0.761. The van der Waals surface area contributed by atoms with Gasteiger partial charge in [0.15, 0.2) is 0 Å². The Balaban J connectivity index is 1.44. The van der Waals surface area contributed by atoms with Gasteiger partial charge in [0, 0.05) is 23.8 Å². The minimum atomic E-state index is -0.183. The molecule has 1 aliphatic carbocycles. The standard InChI is InChI=1S/C19H21N3O2/c23-18(13-6-14-4-2-1-3-5-14)20-15-7-9-16(10-8-15)21-19(24)22-17-11-12-17/h1-5,7-10,17H,6,11-13H2,(H,20,23)(H2,21,22,24). The van der Waals surface area contributed by atoms with Crippen LogP contribution in [0.15, 0.2) is 54.6 Å². The van der Waals surface area contributed by atoms with Gasteiger partial charge in [-0.15, -0.1) is 0 Å². The van der Waals surface area contributed by atoms with E-state index in [4.69, 9.17) is 0 Å². The Hall–Kier alpha value is -2.82. The number of hydrogen-bond acceptors (Lipinski definition) is 2. The second-order valence-electron chi connectivity index (χ2n) is 5.98. The molecule has 2 aromatic rings. The molecule has 3 rings (SSSR count). The Kier molecular flexibility index (Phi) is 5.11. The maximum Gasteiger partial charge on any atom is 0.319 e. The summed E-state index contributed by atoms with van der Waals surface area (Å²) >= 11 is 0. The highest BCUT2D eigenvalue weighted by Gasteiger charge is 2.23. The second kappa shape index (κ2) is 7.64. The molecule has 0 aliphatic heterocycles. The molecule has 3 N–H and O–H groups in total. The topological polar surface area (TPSA) is 70.2 Å². The van der Waals surface area contributed by atoms with Gasteiger partial charge in [0.2, 0.25) is 5.91 Å². The number of benzene rings is 2. The van der Waals surface area contributed by atoms with E-state index in [-0.39, 0.29) is 11.9 Å². The van der Waals surface area contributed by atoms with Crippen molar-refractivity contribution in [3.8, 4) is 0 Å². The Labute approximate surface area is 141 Å². The zero-order valence-electron chi connectivity index (χ0n) is 13.4. The first-order valence-electron chi connectivity index (χ1n) is 8.20. The fourth-order valence-electron chi connectivity index (χ4n) is 2.34. The molecule has 124 valence electrons. The van der Waals surface area contributed by atoms with Crippen LogP contribution in [0, 0.1) is 0 Å². The minimum Gasteiger partial charge on any atom is -0.335 e. The number of aryl methyl sites for hydroxylation is 1. The van der Waals surface area contributed by atoms with Crippen LogP contribution in [-0.4, -0.2) is 18.0 Å². The first-order chi connectivity index (χ1) is 11.7. The molecule has 3 amide bonds. The van der Waals surface area contributed by atoms with Crippen molar-refractivity contribution in [2.45, 2.75) is 31.7 Å².